The third-order valence-electron chi connectivity index (χ3n) is 1.95. The van der Waals surface area contributed by atoms with E-state index in [4.69, 9.17) is 16.5 Å². The van der Waals surface area contributed by atoms with Crippen LogP contribution in [0.5, 0.6) is 0 Å². The van der Waals surface area contributed by atoms with Crippen molar-refractivity contribution >= 4 is 19.3 Å². The van der Waals surface area contributed by atoms with Crippen molar-refractivity contribution in [2.75, 3.05) is 0 Å². The molecule has 1 unspecified atom stereocenters. The Hall–Kier alpha value is -0.313. The summed E-state index contributed by atoms with van der Waals surface area (Å²) < 4.78 is 0. The van der Waals surface area contributed by atoms with Gasteiger partial charge in [0.2, 0.25) is 8.27 Å². The summed E-state index contributed by atoms with van der Waals surface area (Å²) in [5.41, 5.74) is 2.71. The molecule has 1 nitrogen and oxygen atoms in total. The predicted molar refractivity (Wildman–Crippen MR) is 56.9 cm³/mol. The van der Waals surface area contributed by atoms with Gasteiger partial charge in [-0.15, -0.1) is 0 Å². The van der Waals surface area contributed by atoms with Crippen LogP contribution in [0, 0.1) is 6.92 Å². The van der Waals surface area contributed by atoms with Crippen molar-refractivity contribution in [1.29, 1.82) is 0 Å². The summed E-state index contributed by atoms with van der Waals surface area (Å²) in [6.07, 6.45) is 1.03. The quantitative estimate of drug-likeness (QED) is 0.585. The number of hydrogen-bond donors (Lipinski definition) is 1. The average molecular weight is 200 g/mol. The van der Waals surface area contributed by atoms with Crippen LogP contribution in [0.15, 0.2) is 24.3 Å². The number of aryl methyl sites for hydroxylation is 2. The molecule has 1 aromatic carbocycles. The zero-order valence-corrected chi connectivity index (χ0v) is 9.17. The van der Waals surface area contributed by atoms with Crippen LogP contribution in [0.3, 0.4) is 0 Å². The summed E-state index contributed by atoms with van der Waals surface area (Å²) in [7, 11) is -1.39. The van der Waals surface area contributed by atoms with Crippen LogP contribution in [0.4, 0.5) is 0 Å². The lowest BCUT2D eigenvalue weighted by molar-refractivity contribution is 1.09. The van der Waals surface area contributed by atoms with E-state index >= 15 is 0 Å². The van der Waals surface area contributed by atoms with Gasteiger partial charge in [-0.05, 0) is 30.5 Å². The second kappa shape index (κ2) is 4.65. The van der Waals surface area contributed by atoms with E-state index in [0.29, 0.717) is 0 Å². The van der Waals surface area contributed by atoms with Gasteiger partial charge in [-0.1, -0.05) is 24.3 Å². The molecule has 0 spiro atoms. The fraction of sp³-hybridized carbons (Fsp3) is 0.333. The number of nitrogens with two attached hydrogens (primary N) is 1. The molecule has 0 radical (unpaired) electrons. The van der Waals surface area contributed by atoms with Crippen LogP contribution in [0.1, 0.15) is 11.1 Å². The van der Waals surface area contributed by atoms with Gasteiger partial charge in [0.1, 0.15) is 0 Å². The molecule has 0 aliphatic carbocycles. The average Bonchev–Trinajstić information content (AvgIpc) is 2.03. The van der Waals surface area contributed by atoms with Gasteiger partial charge in [0.25, 0.3) is 0 Å². The standard InChI is InChI=1S/C9H14ClNSi/c1-8-4-2-3-5-9(8)6-7-12(10)11/h2-5,12H,6-7,11H2,1H3. The minimum absolute atomic E-state index is 0.979. The number of rotatable bonds is 3. The minimum Gasteiger partial charge on any atom is -0.341 e. The molecule has 1 atom stereocenters. The first-order chi connectivity index (χ1) is 5.70. The smallest absolute Gasteiger partial charge is 0.208 e. The van der Waals surface area contributed by atoms with Gasteiger partial charge in [-0.2, -0.15) is 11.1 Å². The molecule has 0 saturated heterocycles. The Morgan fingerprint density at radius 3 is 2.67 bits per heavy atom. The van der Waals surface area contributed by atoms with Crippen LogP contribution in [-0.4, -0.2) is 8.27 Å². The summed E-state index contributed by atoms with van der Waals surface area (Å²) in [6.45, 7) is 2.12. The topological polar surface area (TPSA) is 26.0 Å². The Bertz CT molecular complexity index is 250. The van der Waals surface area contributed by atoms with E-state index in [2.05, 4.69) is 31.2 Å². The highest BCUT2D eigenvalue weighted by Gasteiger charge is 2.01. The highest BCUT2D eigenvalue weighted by atomic mass is 35.6. The van der Waals surface area contributed by atoms with Crippen molar-refractivity contribution in [3.05, 3.63) is 35.4 Å². The van der Waals surface area contributed by atoms with Gasteiger partial charge in [-0.25, -0.2) is 0 Å². The monoisotopic (exact) mass is 199 g/mol. The van der Waals surface area contributed by atoms with Gasteiger partial charge in [0.15, 0.2) is 0 Å². The molecule has 0 bridgehead atoms. The maximum atomic E-state index is 5.80. The molecule has 2 N–H and O–H groups in total. The van der Waals surface area contributed by atoms with Crippen LogP contribution in [0.2, 0.25) is 6.04 Å². The molecule has 1 rings (SSSR count). The van der Waals surface area contributed by atoms with Crippen molar-refractivity contribution in [3.63, 3.8) is 0 Å². The maximum Gasteiger partial charge on any atom is 0.208 e. The van der Waals surface area contributed by atoms with Crippen molar-refractivity contribution in [1.82, 2.24) is 0 Å². The predicted octanol–water partition coefficient (Wildman–Crippen LogP) is 1.96. The van der Waals surface area contributed by atoms with E-state index in [1.807, 2.05) is 0 Å². The zero-order chi connectivity index (χ0) is 8.97. The van der Waals surface area contributed by atoms with Crippen LogP contribution in [0.25, 0.3) is 0 Å². The molecule has 0 aromatic heterocycles. The highest BCUT2D eigenvalue weighted by Crippen LogP contribution is 2.10. The number of halogens is 1. The minimum atomic E-state index is -1.39. The number of hydrogen-bond acceptors (Lipinski definition) is 1. The third-order valence-corrected chi connectivity index (χ3v) is 3.45. The Morgan fingerprint density at radius 1 is 1.42 bits per heavy atom. The second-order valence-electron chi connectivity index (χ2n) is 2.98. The molecule has 0 fully saturated rings. The van der Waals surface area contributed by atoms with Gasteiger partial charge in [0.05, 0.1) is 0 Å². The molecule has 12 heavy (non-hydrogen) atoms. The molecule has 1 aromatic rings. The molecular weight excluding hydrogens is 186 g/mol. The summed E-state index contributed by atoms with van der Waals surface area (Å²) in [6, 6.07) is 9.35. The number of benzene rings is 1. The molecule has 0 aliphatic rings. The Labute approximate surface area is 79.9 Å². The molecular formula is C9H14ClNSi. The first-order valence-corrected chi connectivity index (χ1v) is 7.37. The second-order valence-corrected chi connectivity index (χ2v) is 6.27. The highest BCUT2D eigenvalue weighted by molar-refractivity contribution is 7.05. The first kappa shape index (κ1) is 9.77. The van der Waals surface area contributed by atoms with Crippen LogP contribution in [-0.2, 0) is 6.42 Å². The maximum absolute atomic E-state index is 5.80. The lowest BCUT2D eigenvalue weighted by Crippen LogP contribution is -2.18. The van der Waals surface area contributed by atoms with Gasteiger partial charge >= 0.3 is 0 Å². The van der Waals surface area contributed by atoms with Crippen molar-refractivity contribution < 1.29 is 0 Å². The van der Waals surface area contributed by atoms with E-state index < -0.39 is 8.27 Å². The van der Waals surface area contributed by atoms with Gasteiger partial charge in [0, 0.05) is 0 Å². The van der Waals surface area contributed by atoms with Crippen LogP contribution < -0.4 is 5.40 Å². The normalized spacial score (nSPS) is 12.9. The van der Waals surface area contributed by atoms with E-state index in [-0.39, 0.29) is 0 Å². The largest absolute Gasteiger partial charge is 0.341 e. The lowest BCUT2D eigenvalue weighted by atomic mass is 10.1. The summed E-state index contributed by atoms with van der Waals surface area (Å²) in [4.78, 5) is 0. The molecule has 66 valence electrons. The van der Waals surface area contributed by atoms with Crippen molar-refractivity contribution in [3.8, 4) is 0 Å². The fourth-order valence-corrected chi connectivity index (χ4v) is 2.10. The first-order valence-electron chi connectivity index (χ1n) is 4.14. The van der Waals surface area contributed by atoms with E-state index in [1.165, 1.54) is 11.1 Å². The fourth-order valence-electron chi connectivity index (χ4n) is 1.18. The van der Waals surface area contributed by atoms with Gasteiger partial charge < -0.3 is 5.40 Å². The van der Waals surface area contributed by atoms with Crippen LogP contribution >= 0.6 is 11.1 Å². The van der Waals surface area contributed by atoms with E-state index in [0.717, 1.165) is 12.5 Å². The lowest BCUT2D eigenvalue weighted by Gasteiger charge is -2.04. The van der Waals surface area contributed by atoms with Gasteiger partial charge in [-0.3, -0.25) is 0 Å². The Kier molecular flexibility index (Phi) is 3.79. The Balaban J connectivity index is 2.57. The van der Waals surface area contributed by atoms with Crippen molar-refractivity contribution in [2.45, 2.75) is 19.4 Å². The molecule has 0 aliphatic heterocycles. The molecule has 0 saturated carbocycles. The molecule has 0 amide bonds. The Morgan fingerprint density at radius 2 is 2.08 bits per heavy atom. The summed E-state index contributed by atoms with van der Waals surface area (Å²) in [5.74, 6) is 0. The summed E-state index contributed by atoms with van der Waals surface area (Å²) in [5, 5.41) is 5.59. The molecule has 0 heterocycles. The van der Waals surface area contributed by atoms with E-state index in [9.17, 15) is 0 Å². The third kappa shape index (κ3) is 2.97. The van der Waals surface area contributed by atoms with Crippen molar-refractivity contribution in [2.24, 2.45) is 5.40 Å². The zero-order valence-electron chi connectivity index (χ0n) is 7.26. The molecule has 3 heteroatoms. The SMILES string of the molecule is Cc1ccccc1CC[SiH](N)Cl. The van der Waals surface area contributed by atoms with E-state index in [1.54, 1.807) is 0 Å². The summed E-state index contributed by atoms with van der Waals surface area (Å²) >= 11 is 5.80.